The third kappa shape index (κ3) is 4.32. The number of aromatic nitrogens is 3. The summed E-state index contributed by atoms with van der Waals surface area (Å²) in [6.45, 7) is 1.07. The van der Waals surface area contributed by atoms with Gasteiger partial charge in [-0.25, -0.2) is 18.7 Å². The largest absolute Gasteiger partial charge is 0.337 e. The molecule has 0 aliphatic heterocycles. The number of hydrogen-bond acceptors (Lipinski definition) is 4. The van der Waals surface area contributed by atoms with E-state index in [1.54, 1.807) is 17.4 Å². The summed E-state index contributed by atoms with van der Waals surface area (Å²) < 4.78 is 30.6. The second-order valence-electron chi connectivity index (χ2n) is 8.64. The van der Waals surface area contributed by atoms with E-state index < -0.39 is 17.0 Å². The van der Waals surface area contributed by atoms with Crippen molar-refractivity contribution in [3.63, 3.8) is 0 Å². The van der Waals surface area contributed by atoms with Gasteiger partial charge in [0.2, 0.25) is 5.91 Å². The summed E-state index contributed by atoms with van der Waals surface area (Å²) >= 11 is 7.25. The summed E-state index contributed by atoms with van der Waals surface area (Å²) in [5.41, 5.74) is 0.319. The average molecular weight is 501 g/mol. The number of nitrogens with zero attached hydrogens (tertiary/aromatic N) is 4. The minimum Gasteiger partial charge on any atom is -0.337 e. The van der Waals surface area contributed by atoms with Gasteiger partial charge in [-0.05, 0) is 43.0 Å². The Bertz CT molecular complexity index is 1300. The summed E-state index contributed by atoms with van der Waals surface area (Å²) in [6, 6.07) is 9.54. The van der Waals surface area contributed by atoms with E-state index in [0.717, 1.165) is 48.6 Å². The monoisotopic (exact) mass is 500 g/mol. The van der Waals surface area contributed by atoms with E-state index in [9.17, 15) is 13.6 Å². The van der Waals surface area contributed by atoms with Crippen molar-refractivity contribution in [1.29, 1.82) is 0 Å². The number of hydrogen-bond donors (Lipinski definition) is 0. The van der Waals surface area contributed by atoms with Crippen molar-refractivity contribution in [1.82, 2.24) is 14.5 Å². The molecule has 1 fully saturated rings. The highest BCUT2D eigenvalue weighted by atomic mass is 35.5. The molecule has 0 radical (unpaired) electrons. The highest BCUT2D eigenvalue weighted by Gasteiger charge is 2.45. The fourth-order valence-electron chi connectivity index (χ4n) is 4.81. The first kappa shape index (κ1) is 22.9. The van der Waals surface area contributed by atoms with Gasteiger partial charge in [-0.3, -0.25) is 9.69 Å². The number of fused-ring (bicyclic) bond motifs is 1. The van der Waals surface area contributed by atoms with Crippen LogP contribution in [0.15, 0.2) is 55.1 Å². The van der Waals surface area contributed by atoms with E-state index in [1.807, 2.05) is 35.0 Å². The van der Waals surface area contributed by atoms with Crippen LogP contribution < -0.4 is 4.90 Å². The van der Waals surface area contributed by atoms with Crippen molar-refractivity contribution in [2.75, 3.05) is 11.4 Å². The molecule has 1 aliphatic carbocycles. The SMILES string of the molecule is O=C(N(CCCn1ccnc1)c1nc2c(F)cc(F)cc2s1)C1(c2ccc(Cl)cc2)CCCC1. The lowest BCUT2D eigenvalue weighted by Gasteiger charge is -2.34. The molecular formula is C25H23ClF2N4OS. The number of aryl methyl sites for hydroxylation is 1. The Balaban J connectivity index is 1.53. The van der Waals surface area contributed by atoms with Crippen molar-refractivity contribution in [2.45, 2.75) is 44.1 Å². The number of amides is 1. The molecule has 5 nitrogen and oxygen atoms in total. The first-order chi connectivity index (χ1) is 16.5. The van der Waals surface area contributed by atoms with E-state index in [0.29, 0.717) is 34.4 Å². The van der Waals surface area contributed by atoms with Crippen LogP contribution in [-0.4, -0.2) is 27.0 Å². The number of carbonyl (C=O) groups excluding carboxylic acids is 1. The molecular weight excluding hydrogens is 478 g/mol. The number of halogens is 3. The normalized spacial score (nSPS) is 15.1. The second-order valence-corrected chi connectivity index (χ2v) is 10.1. The maximum absolute atomic E-state index is 14.4. The molecule has 4 aromatic rings. The smallest absolute Gasteiger partial charge is 0.239 e. The van der Waals surface area contributed by atoms with Crippen molar-refractivity contribution >= 4 is 44.2 Å². The Kier molecular flexibility index (Phi) is 6.36. The molecule has 2 heterocycles. The third-order valence-corrected chi connectivity index (χ3v) is 7.78. The Hall–Kier alpha value is -2.84. The van der Waals surface area contributed by atoms with Crippen LogP contribution in [0.3, 0.4) is 0 Å². The van der Waals surface area contributed by atoms with Crippen molar-refractivity contribution in [3.8, 4) is 0 Å². The van der Waals surface area contributed by atoms with Gasteiger partial charge in [0.25, 0.3) is 0 Å². The molecule has 5 rings (SSSR count). The summed E-state index contributed by atoms with van der Waals surface area (Å²) in [6.07, 6.45) is 9.29. The first-order valence-corrected chi connectivity index (χ1v) is 12.4. The van der Waals surface area contributed by atoms with Gasteiger partial charge in [-0.2, -0.15) is 0 Å². The zero-order valence-corrected chi connectivity index (χ0v) is 20.0. The Morgan fingerprint density at radius 2 is 1.94 bits per heavy atom. The standard InChI is InChI=1S/C25H23ClF2N4OS/c26-18-6-4-17(5-7-18)25(8-1-2-9-25)23(33)32(12-3-11-31-13-10-29-16-31)24-30-22-20(28)14-19(27)15-21(22)34-24/h4-7,10,13-16H,1-3,8-9,11-12H2. The number of benzene rings is 2. The number of anilines is 1. The fraction of sp³-hybridized carbons (Fsp3) is 0.320. The summed E-state index contributed by atoms with van der Waals surface area (Å²) in [5.74, 6) is -1.44. The van der Waals surface area contributed by atoms with Gasteiger partial charge in [0.1, 0.15) is 11.3 Å². The quantitative estimate of drug-likeness (QED) is 0.296. The van der Waals surface area contributed by atoms with Crippen molar-refractivity contribution in [3.05, 3.63) is 77.3 Å². The van der Waals surface area contributed by atoms with Crippen molar-refractivity contribution < 1.29 is 13.6 Å². The predicted octanol–water partition coefficient (Wildman–Crippen LogP) is 6.36. The molecule has 1 amide bonds. The molecule has 9 heteroatoms. The lowest BCUT2D eigenvalue weighted by Crippen LogP contribution is -2.46. The van der Waals surface area contributed by atoms with Gasteiger partial charge < -0.3 is 4.57 Å². The minimum absolute atomic E-state index is 0.0575. The molecule has 0 N–H and O–H groups in total. The van der Waals surface area contributed by atoms with Crippen LogP contribution in [0.2, 0.25) is 5.02 Å². The molecule has 176 valence electrons. The van der Waals surface area contributed by atoms with Crippen LogP contribution in [0.25, 0.3) is 10.2 Å². The van der Waals surface area contributed by atoms with E-state index in [2.05, 4.69) is 9.97 Å². The minimum atomic E-state index is -0.725. The predicted molar refractivity (Wildman–Crippen MR) is 130 cm³/mol. The highest BCUT2D eigenvalue weighted by Crippen LogP contribution is 2.44. The van der Waals surface area contributed by atoms with Crippen LogP contribution in [-0.2, 0) is 16.8 Å². The number of carbonyl (C=O) groups is 1. The van der Waals surface area contributed by atoms with E-state index >= 15 is 0 Å². The maximum Gasteiger partial charge on any atom is 0.239 e. The molecule has 2 aromatic carbocycles. The Morgan fingerprint density at radius 3 is 2.65 bits per heavy atom. The van der Waals surface area contributed by atoms with Gasteiger partial charge in [-0.15, -0.1) is 0 Å². The molecule has 2 aromatic heterocycles. The Morgan fingerprint density at radius 1 is 1.18 bits per heavy atom. The lowest BCUT2D eigenvalue weighted by atomic mass is 9.77. The average Bonchev–Trinajstić information content (AvgIpc) is 3.58. The number of rotatable bonds is 7. The van der Waals surface area contributed by atoms with Gasteiger partial charge in [0.15, 0.2) is 10.9 Å². The zero-order valence-electron chi connectivity index (χ0n) is 18.4. The van der Waals surface area contributed by atoms with Gasteiger partial charge >= 0.3 is 0 Å². The molecule has 1 aliphatic rings. The van der Waals surface area contributed by atoms with E-state index in [-0.39, 0.29) is 11.4 Å². The maximum atomic E-state index is 14.4. The van der Waals surface area contributed by atoms with E-state index in [1.165, 1.54) is 6.07 Å². The zero-order chi connectivity index (χ0) is 23.7. The summed E-state index contributed by atoms with van der Waals surface area (Å²) in [4.78, 5) is 24.4. The van der Waals surface area contributed by atoms with Crippen LogP contribution in [0, 0.1) is 11.6 Å². The second kappa shape index (κ2) is 9.43. The number of imidazole rings is 1. The molecule has 0 bridgehead atoms. The highest BCUT2D eigenvalue weighted by molar-refractivity contribution is 7.22. The van der Waals surface area contributed by atoms with Gasteiger partial charge in [0.05, 0.1) is 16.4 Å². The molecule has 0 spiro atoms. The van der Waals surface area contributed by atoms with Gasteiger partial charge in [0, 0.05) is 36.6 Å². The fourth-order valence-corrected chi connectivity index (χ4v) is 5.96. The summed E-state index contributed by atoms with van der Waals surface area (Å²) in [7, 11) is 0. The van der Waals surface area contributed by atoms with Crippen LogP contribution in [0.5, 0.6) is 0 Å². The first-order valence-electron chi connectivity index (χ1n) is 11.3. The summed E-state index contributed by atoms with van der Waals surface area (Å²) in [5, 5.41) is 1.00. The lowest BCUT2D eigenvalue weighted by molar-refractivity contribution is -0.124. The van der Waals surface area contributed by atoms with E-state index in [4.69, 9.17) is 11.6 Å². The molecule has 0 unspecified atom stereocenters. The molecule has 0 saturated heterocycles. The van der Waals surface area contributed by atoms with Crippen LogP contribution in [0.4, 0.5) is 13.9 Å². The molecule has 1 saturated carbocycles. The molecule has 0 atom stereocenters. The van der Waals surface area contributed by atoms with Crippen LogP contribution >= 0.6 is 22.9 Å². The topological polar surface area (TPSA) is 51.0 Å². The van der Waals surface area contributed by atoms with Crippen molar-refractivity contribution in [2.24, 2.45) is 0 Å². The van der Waals surface area contributed by atoms with Gasteiger partial charge in [-0.1, -0.05) is 47.9 Å². The molecule has 34 heavy (non-hydrogen) atoms. The Labute approximate surface area is 205 Å². The third-order valence-electron chi connectivity index (χ3n) is 6.50. The number of thiazole rings is 1. The van der Waals surface area contributed by atoms with Crippen LogP contribution in [0.1, 0.15) is 37.7 Å².